The van der Waals surface area contributed by atoms with Gasteiger partial charge in [0.2, 0.25) is 11.9 Å². The molecule has 0 saturated carbocycles. The van der Waals surface area contributed by atoms with Gasteiger partial charge in [0.05, 0.1) is 0 Å². The van der Waals surface area contributed by atoms with E-state index in [4.69, 9.17) is 0 Å². The van der Waals surface area contributed by atoms with Crippen LogP contribution in [0.2, 0.25) is 0 Å². The maximum Gasteiger partial charge on any atom is 0.255 e. The van der Waals surface area contributed by atoms with E-state index >= 15 is 0 Å². The molecule has 0 atom stereocenters. The minimum absolute atomic E-state index is 0.144. The first kappa shape index (κ1) is 19.2. The van der Waals surface area contributed by atoms with Gasteiger partial charge in [-0.1, -0.05) is 6.07 Å². The number of amides is 1. The van der Waals surface area contributed by atoms with E-state index in [1.54, 1.807) is 19.9 Å². The zero-order chi connectivity index (χ0) is 20.3. The number of hydrogen-bond acceptors (Lipinski definition) is 4. The molecule has 0 saturated heterocycles. The summed E-state index contributed by atoms with van der Waals surface area (Å²) in [5, 5.41) is 5.48. The van der Waals surface area contributed by atoms with E-state index in [1.165, 1.54) is 42.5 Å². The molecule has 1 amide bonds. The summed E-state index contributed by atoms with van der Waals surface area (Å²) in [6.45, 7) is 2.94. The molecule has 2 N–H and O–H groups in total. The number of nitrogens with one attached hydrogen (secondary N) is 2. The third kappa shape index (κ3) is 4.59. The number of hydrogen-bond donors (Lipinski definition) is 2. The molecule has 3 aromatic rings. The van der Waals surface area contributed by atoms with E-state index in [2.05, 4.69) is 15.6 Å². The Labute approximate surface area is 159 Å². The molecule has 0 aliphatic carbocycles. The van der Waals surface area contributed by atoms with Gasteiger partial charge in [-0.25, -0.2) is 13.8 Å². The van der Waals surface area contributed by atoms with Crippen molar-refractivity contribution in [1.29, 1.82) is 0 Å². The number of rotatable bonds is 5. The van der Waals surface area contributed by atoms with Crippen LogP contribution >= 0.6 is 0 Å². The van der Waals surface area contributed by atoms with Crippen LogP contribution in [0, 0.1) is 25.5 Å². The van der Waals surface area contributed by atoms with Crippen LogP contribution in [0.1, 0.15) is 11.3 Å². The molecule has 0 spiro atoms. The molecule has 2 aromatic carbocycles. The largest absolute Gasteiger partial charge is 0.326 e. The maximum atomic E-state index is 13.5. The quantitative estimate of drug-likeness (QED) is 0.706. The molecular formula is C20H18F2N4O2. The molecule has 0 bridgehead atoms. The Balaban J connectivity index is 1.86. The highest BCUT2D eigenvalue weighted by Gasteiger charge is 2.13. The Bertz CT molecular complexity index is 1100. The van der Waals surface area contributed by atoms with Crippen LogP contribution in [-0.4, -0.2) is 15.5 Å². The zero-order valence-corrected chi connectivity index (χ0v) is 15.3. The minimum atomic E-state index is -0.517. The van der Waals surface area contributed by atoms with Crippen LogP contribution in [0.3, 0.4) is 0 Å². The van der Waals surface area contributed by atoms with Gasteiger partial charge < -0.3 is 10.6 Å². The molecule has 0 fully saturated rings. The highest BCUT2D eigenvalue weighted by atomic mass is 19.1. The molecule has 8 heteroatoms. The van der Waals surface area contributed by atoms with Gasteiger partial charge in [0.15, 0.2) is 0 Å². The standard InChI is InChI=1S/C20H18F2N4O2/c1-12-8-16(6-7-17(12)22)25-20-23-13(2)9-19(28)26(20)11-18(27)24-15-5-3-4-14(21)10-15/h3-10H,11H2,1-2H3,(H,23,25)(H,24,27). The Kier molecular flexibility index (Phi) is 5.49. The number of carbonyl (C=O) groups excluding carboxylic acids is 1. The molecule has 3 rings (SSSR count). The van der Waals surface area contributed by atoms with Gasteiger partial charge in [-0.05, 0) is 55.8 Å². The lowest BCUT2D eigenvalue weighted by molar-refractivity contribution is -0.116. The molecule has 0 unspecified atom stereocenters. The lowest BCUT2D eigenvalue weighted by atomic mass is 10.2. The number of halogens is 2. The summed E-state index contributed by atoms with van der Waals surface area (Å²) in [6.07, 6.45) is 0. The Morgan fingerprint density at radius 3 is 2.57 bits per heavy atom. The van der Waals surface area contributed by atoms with E-state index in [0.29, 0.717) is 16.9 Å². The first-order valence-electron chi connectivity index (χ1n) is 8.49. The minimum Gasteiger partial charge on any atom is -0.326 e. The smallest absolute Gasteiger partial charge is 0.255 e. The summed E-state index contributed by atoms with van der Waals surface area (Å²) in [7, 11) is 0. The highest BCUT2D eigenvalue weighted by Crippen LogP contribution is 2.18. The lowest BCUT2D eigenvalue weighted by Crippen LogP contribution is -2.30. The highest BCUT2D eigenvalue weighted by molar-refractivity contribution is 5.90. The van der Waals surface area contributed by atoms with Crippen molar-refractivity contribution in [3.05, 3.63) is 81.8 Å². The average Bonchev–Trinajstić information content (AvgIpc) is 2.61. The van der Waals surface area contributed by atoms with Gasteiger partial charge in [0.1, 0.15) is 18.2 Å². The molecular weight excluding hydrogens is 366 g/mol. The van der Waals surface area contributed by atoms with Crippen molar-refractivity contribution in [2.45, 2.75) is 20.4 Å². The van der Waals surface area contributed by atoms with E-state index in [9.17, 15) is 18.4 Å². The van der Waals surface area contributed by atoms with Crippen molar-refractivity contribution in [3.63, 3.8) is 0 Å². The van der Waals surface area contributed by atoms with Crippen molar-refractivity contribution in [2.24, 2.45) is 0 Å². The fourth-order valence-corrected chi connectivity index (χ4v) is 2.63. The maximum absolute atomic E-state index is 13.5. The van der Waals surface area contributed by atoms with Crippen molar-refractivity contribution in [3.8, 4) is 0 Å². The van der Waals surface area contributed by atoms with Gasteiger partial charge in [0.25, 0.3) is 5.56 Å². The van der Waals surface area contributed by atoms with Crippen molar-refractivity contribution in [2.75, 3.05) is 10.6 Å². The lowest BCUT2D eigenvalue weighted by Gasteiger charge is -2.14. The van der Waals surface area contributed by atoms with Crippen molar-refractivity contribution >= 4 is 23.2 Å². The second-order valence-corrected chi connectivity index (χ2v) is 6.29. The van der Waals surface area contributed by atoms with Gasteiger partial charge in [-0.15, -0.1) is 0 Å². The van der Waals surface area contributed by atoms with Gasteiger partial charge in [-0.2, -0.15) is 0 Å². The summed E-state index contributed by atoms with van der Waals surface area (Å²) in [6, 6.07) is 11.1. The molecule has 144 valence electrons. The first-order chi connectivity index (χ1) is 13.3. The van der Waals surface area contributed by atoms with Crippen LogP contribution in [0.15, 0.2) is 53.3 Å². The fraction of sp³-hybridized carbons (Fsp3) is 0.150. The van der Waals surface area contributed by atoms with Crippen molar-refractivity contribution < 1.29 is 13.6 Å². The Hall–Kier alpha value is -3.55. The number of anilines is 3. The number of aromatic nitrogens is 2. The van der Waals surface area contributed by atoms with Gasteiger partial charge in [0, 0.05) is 23.1 Å². The summed E-state index contributed by atoms with van der Waals surface area (Å²) >= 11 is 0. The first-order valence-corrected chi connectivity index (χ1v) is 8.49. The molecule has 1 aromatic heterocycles. The predicted molar refractivity (Wildman–Crippen MR) is 103 cm³/mol. The van der Waals surface area contributed by atoms with Gasteiger partial charge >= 0.3 is 0 Å². The third-order valence-corrected chi connectivity index (χ3v) is 3.96. The third-order valence-electron chi connectivity index (χ3n) is 3.96. The molecule has 0 radical (unpaired) electrons. The predicted octanol–water partition coefficient (Wildman–Crippen LogP) is 3.52. The normalized spacial score (nSPS) is 10.6. The second kappa shape index (κ2) is 7.99. The molecule has 0 aliphatic rings. The SMILES string of the molecule is Cc1cc(=O)n(CC(=O)Nc2cccc(F)c2)c(Nc2ccc(F)c(C)c2)n1. The number of benzene rings is 2. The Morgan fingerprint density at radius 1 is 1.07 bits per heavy atom. The summed E-state index contributed by atoms with van der Waals surface area (Å²) in [4.78, 5) is 29.0. The topological polar surface area (TPSA) is 76.0 Å². The molecule has 0 aliphatic heterocycles. The van der Waals surface area contributed by atoms with Crippen molar-refractivity contribution in [1.82, 2.24) is 9.55 Å². The van der Waals surface area contributed by atoms with E-state index in [0.717, 1.165) is 4.57 Å². The van der Waals surface area contributed by atoms with Crippen LogP contribution in [0.5, 0.6) is 0 Å². The number of nitrogens with zero attached hydrogens (tertiary/aromatic N) is 2. The van der Waals surface area contributed by atoms with Crippen LogP contribution in [0.4, 0.5) is 26.1 Å². The average molecular weight is 384 g/mol. The number of carbonyl (C=O) groups is 1. The van der Waals surface area contributed by atoms with E-state index in [1.807, 2.05) is 0 Å². The molecule has 28 heavy (non-hydrogen) atoms. The summed E-state index contributed by atoms with van der Waals surface area (Å²) in [5.41, 5.74) is 1.27. The fourth-order valence-electron chi connectivity index (χ4n) is 2.63. The van der Waals surface area contributed by atoms with Crippen LogP contribution in [-0.2, 0) is 11.3 Å². The summed E-state index contributed by atoms with van der Waals surface area (Å²) < 4.78 is 27.9. The number of aryl methyl sites for hydroxylation is 2. The zero-order valence-electron chi connectivity index (χ0n) is 15.3. The monoisotopic (exact) mass is 384 g/mol. The van der Waals surface area contributed by atoms with Gasteiger partial charge in [-0.3, -0.25) is 14.2 Å². The molecule has 1 heterocycles. The van der Waals surface area contributed by atoms with Crippen LogP contribution in [0.25, 0.3) is 0 Å². The summed E-state index contributed by atoms with van der Waals surface area (Å²) in [5.74, 6) is -1.21. The van der Waals surface area contributed by atoms with E-state index < -0.39 is 17.3 Å². The molecule has 6 nitrogen and oxygen atoms in total. The van der Waals surface area contributed by atoms with E-state index in [-0.39, 0.29) is 24.0 Å². The Morgan fingerprint density at radius 2 is 1.86 bits per heavy atom. The second-order valence-electron chi connectivity index (χ2n) is 6.29. The van der Waals surface area contributed by atoms with Crippen LogP contribution < -0.4 is 16.2 Å².